The summed E-state index contributed by atoms with van der Waals surface area (Å²) in [7, 11) is 0. The van der Waals surface area contributed by atoms with Crippen LogP contribution in [0.2, 0.25) is 0 Å². The van der Waals surface area contributed by atoms with Crippen molar-refractivity contribution in [3.05, 3.63) is 57.3 Å². The van der Waals surface area contributed by atoms with E-state index >= 15 is 0 Å². The monoisotopic (exact) mass is 344 g/mol. The van der Waals surface area contributed by atoms with Gasteiger partial charge in [-0.3, -0.25) is 4.84 Å². The van der Waals surface area contributed by atoms with E-state index in [1.807, 2.05) is 31.2 Å². The van der Waals surface area contributed by atoms with Crippen LogP contribution in [0.5, 0.6) is 0 Å². The standard InChI is InChI=1S/C18H20N2O3S/c1-18(15-7-9-24-16(15)6-8-22-18)12-19-17(21)20-10-13-4-2-3-5-14(13)11-23-20/h2-5,7,9H,6,8,10-12H2,1H3,(H,19,21). The van der Waals surface area contributed by atoms with Gasteiger partial charge in [-0.25, -0.2) is 4.79 Å². The first-order valence-electron chi connectivity index (χ1n) is 8.11. The van der Waals surface area contributed by atoms with Gasteiger partial charge in [0.1, 0.15) is 12.2 Å². The Balaban J connectivity index is 1.41. The third kappa shape index (κ3) is 2.81. The van der Waals surface area contributed by atoms with Crippen LogP contribution in [0.3, 0.4) is 0 Å². The maximum atomic E-state index is 12.5. The topological polar surface area (TPSA) is 50.8 Å². The molecule has 1 atom stereocenters. The van der Waals surface area contributed by atoms with Crippen LogP contribution in [-0.2, 0) is 34.7 Å². The molecular weight excluding hydrogens is 324 g/mol. The van der Waals surface area contributed by atoms with Crippen molar-refractivity contribution in [1.29, 1.82) is 0 Å². The summed E-state index contributed by atoms with van der Waals surface area (Å²) in [5, 5.41) is 6.45. The summed E-state index contributed by atoms with van der Waals surface area (Å²) >= 11 is 1.75. The summed E-state index contributed by atoms with van der Waals surface area (Å²) < 4.78 is 5.98. The SMILES string of the molecule is CC1(CNC(=O)N2Cc3ccccc3CO2)OCCc2sccc21. The smallest absolute Gasteiger partial charge is 0.341 e. The number of ether oxygens (including phenoxy) is 1. The van der Waals surface area contributed by atoms with Crippen molar-refractivity contribution in [2.45, 2.75) is 32.1 Å². The number of urea groups is 1. The van der Waals surface area contributed by atoms with Crippen LogP contribution in [-0.4, -0.2) is 24.2 Å². The van der Waals surface area contributed by atoms with Crippen LogP contribution in [0.15, 0.2) is 35.7 Å². The molecule has 1 unspecified atom stereocenters. The zero-order chi connectivity index (χ0) is 16.6. The van der Waals surface area contributed by atoms with Gasteiger partial charge in [0.2, 0.25) is 0 Å². The van der Waals surface area contributed by atoms with E-state index in [4.69, 9.17) is 9.57 Å². The highest BCUT2D eigenvalue weighted by Crippen LogP contribution is 2.35. The van der Waals surface area contributed by atoms with Crippen molar-refractivity contribution >= 4 is 17.4 Å². The Morgan fingerprint density at radius 2 is 2.17 bits per heavy atom. The van der Waals surface area contributed by atoms with Gasteiger partial charge in [0.25, 0.3) is 0 Å². The number of benzene rings is 1. The predicted octanol–water partition coefficient (Wildman–Crippen LogP) is 3.19. The van der Waals surface area contributed by atoms with Crippen molar-refractivity contribution in [1.82, 2.24) is 10.4 Å². The molecular formula is C18H20N2O3S. The summed E-state index contributed by atoms with van der Waals surface area (Å²) in [5.74, 6) is 0. The number of nitrogens with zero attached hydrogens (tertiary/aromatic N) is 1. The molecule has 1 N–H and O–H groups in total. The van der Waals surface area contributed by atoms with Crippen LogP contribution >= 0.6 is 11.3 Å². The fourth-order valence-corrected chi connectivity index (χ4v) is 4.24. The highest BCUT2D eigenvalue weighted by atomic mass is 32.1. The maximum Gasteiger partial charge on any atom is 0.341 e. The summed E-state index contributed by atoms with van der Waals surface area (Å²) in [4.78, 5) is 19.4. The number of hydroxylamine groups is 2. The van der Waals surface area contributed by atoms with Crippen LogP contribution in [0.4, 0.5) is 4.79 Å². The molecule has 24 heavy (non-hydrogen) atoms. The molecule has 0 spiro atoms. The van der Waals surface area contributed by atoms with Gasteiger partial charge in [0.05, 0.1) is 19.7 Å². The molecule has 0 radical (unpaired) electrons. The summed E-state index contributed by atoms with van der Waals surface area (Å²) in [6.45, 7) is 4.03. The Kier molecular flexibility index (Phi) is 4.04. The highest BCUT2D eigenvalue weighted by Gasteiger charge is 2.35. The van der Waals surface area contributed by atoms with Gasteiger partial charge in [0, 0.05) is 11.3 Å². The van der Waals surface area contributed by atoms with Crippen LogP contribution in [0.25, 0.3) is 0 Å². The number of carbonyl (C=O) groups is 1. The van der Waals surface area contributed by atoms with E-state index in [0.29, 0.717) is 26.3 Å². The van der Waals surface area contributed by atoms with Gasteiger partial charge in [-0.15, -0.1) is 11.3 Å². The first-order chi connectivity index (χ1) is 11.7. The Bertz CT molecular complexity index is 760. The van der Waals surface area contributed by atoms with E-state index in [1.165, 1.54) is 15.5 Å². The van der Waals surface area contributed by atoms with Gasteiger partial charge in [0.15, 0.2) is 0 Å². The van der Waals surface area contributed by atoms with E-state index < -0.39 is 5.60 Å². The van der Waals surface area contributed by atoms with E-state index in [9.17, 15) is 4.79 Å². The van der Waals surface area contributed by atoms with Crippen molar-refractivity contribution in [3.63, 3.8) is 0 Å². The molecule has 3 heterocycles. The highest BCUT2D eigenvalue weighted by molar-refractivity contribution is 7.10. The minimum atomic E-state index is -0.475. The van der Waals surface area contributed by atoms with Crippen LogP contribution in [0, 0.1) is 0 Å². The Labute approximate surface area is 145 Å². The van der Waals surface area contributed by atoms with E-state index in [2.05, 4.69) is 16.8 Å². The molecule has 2 aliphatic heterocycles. The van der Waals surface area contributed by atoms with Gasteiger partial charge < -0.3 is 10.1 Å². The number of hydrogen-bond donors (Lipinski definition) is 1. The molecule has 2 amide bonds. The van der Waals surface area contributed by atoms with E-state index in [0.717, 1.165) is 17.5 Å². The molecule has 6 heteroatoms. The van der Waals surface area contributed by atoms with Crippen molar-refractivity contribution < 1.29 is 14.4 Å². The molecule has 0 bridgehead atoms. The minimum Gasteiger partial charge on any atom is -0.368 e. The first-order valence-corrected chi connectivity index (χ1v) is 8.99. The number of thiophene rings is 1. The van der Waals surface area contributed by atoms with E-state index in [1.54, 1.807) is 11.3 Å². The van der Waals surface area contributed by atoms with Crippen molar-refractivity contribution in [2.24, 2.45) is 0 Å². The lowest BCUT2D eigenvalue weighted by atomic mass is 9.93. The number of nitrogens with one attached hydrogen (secondary N) is 1. The minimum absolute atomic E-state index is 0.225. The fourth-order valence-electron chi connectivity index (χ4n) is 3.26. The largest absolute Gasteiger partial charge is 0.368 e. The van der Waals surface area contributed by atoms with Crippen LogP contribution in [0.1, 0.15) is 28.5 Å². The molecule has 126 valence electrons. The summed E-state index contributed by atoms with van der Waals surface area (Å²) in [6.07, 6.45) is 0.947. The zero-order valence-corrected chi connectivity index (χ0v) is 14.4. The number of carbonyl (C=O) groups excluding carboxylic acids is 1. The average Bonchev–Trinajstić information content (AvgIpc) is 3.10. The number of hydrogen-bond acceptors (Lipinski definition) is 4. The molecule has 4 rings (SSSR count). The summed E-state index contributed by atoms with van der Waals surface area (Å²) in [6, 6.07) is 9.89. The van der Waals surface area contributed by atoms with Crippen molar-refractivity contribution in [2.75, 3.05) is 13.2 Å². The molecule has 0 aliphatic carbocycles. The lowest BCUT2D eigenvalue weighted by molar-refractivity contribution is -0.146. The molecule has 0 saturated heterocycles. The third-order valence-electron chi connectivity index (χ3n) is 4.68. The molecule has 0 saturated carbocycles. The average molecular weight is 344 g/mol. The Morgan fingerprint density at radius 3 is 3.04 bits per heavy atom. The van der Waals surface area contributed by atoms with Gasteiger partial charge >= 0.3 is 6.03 Å². The second-order valence-corrected chi connectivity index (χ2v) is 7.32. The second-order valence-electron chi connectivity index (χ2n) is 6.32. The normalized spacial score (nSPS) is 22.6. The first kappa shape index (κ1) is 15.6. The Hall–Kier alpha value is -1.89. The molecule has 5 nitrogen and oxygen atoms in total. The quantitative estimate of drug-likeness (QED) is 0.910. The number of rotatable bonds is 2. The van der Waals surface area contributed by atoms with E-state index in [-0.39, 0.29) is 6.03 Å². The lowest BCUT2D eigenvalue weighted by Crippen LogP contribution is -2.48. The molecule has 0 fully saturated rings. The van der Waals surface area contributed by atoms with Gasteiger partial charge in [-0.2, -0.15) is 5.06 Å². The van der Waals surface area contributed by atoms with Gasteiger partial charge in [-0.05, 0) is 35.1 Å². The summed E-state index contributed by atoms with van der Waals surface area (Å²) in [5.41, 5.74) is 2.96. The number of fused-ring (bicyclic) bond motifs is 2. The Morgan fingerprint density at radius 1 is 1.33 bits per heavy atom. The molecule has 1 aromatic heterocycles. The number of amides is 2. The molecule has 2 aromatic rings. The molecule has 1 aromatic carbocycles. The van der Waals surface area contributed by atoms with Gasteiger partial charge in [-0.1, -0.05) is 24.3 Å². The van der Waals surface area contributed by atoms with Crippen LogP contribution < -0.4 is 5.32 Å². The third-order valence-corrected chi connectivity index (χ3v) is 5.66. The van der Waals surface area contributed by atoms with Crippen molar-refractivity contribution in [3.8, 4) is 0 Å². The lowest BCUT2D eigenvalue weighted by Gasteiger charge is -2.35. The maximum absolute atomic E-state index is 12.5. The molecule has 2 aliphatic rings. The zero-order valence-electron chi connectivity index (χ0n) is 13.6. The predicted molar refractivity (Wildman–Crippen MR) is 91.5 cm³/mol. The second kappa shape index (κ2) is 6.20. The fraction of sp³-hybridized carbons (Fsp3) is 0.389.